The number of hydrogen-bond donors (Lipinski definition) is 0. The van der Waals surface area contributed by atoms with Gasteiger partial charge in [0.05, 0.1) is 17.7 Å². The van der Waals surface area contributed by atoms with Gasteiger partial charge < -0.3 is 19.0 Å². The Morgan fingerprint density at radius 3 is 2.53 bits per heavy atom. The number of nitrogens with zero attached hydrogens (tertiary/aromatic N) is 3. The van der Waals surface area contributed by atoms with Gasteiger partial charge in [-0.1, -0.05) is 0 Å². The lowest BCUT2D eigenvalue weighted by Crippen LogP contribution is -2.49. The highest BCUT2D eigenvalue weighted by molar-refractivity contribution is 7.15. The molecule has 1 amide bonds. The number of carbonyl (C=O) groups is 3. The second kappa shape index (κ2) is 9.01. The molecule has 1 aliphatic carbocycles. The zero-order chi connectivity index (χ0) is 23.0. The summed E-state index contributed by atoms with van der Waals surface area (Å²) < 4.78 is 10.4. The van der Waals surface area contributed by atoms with Crippen LogP contribution in [0.3, 0.4) is 0 Å². The summed E-state index contributed by atoms with van der Waals surface area (Å²) in [7, 11) is 2.96. The van der Waals surface area contributed by atoms with Crippen LogP contribution >= 0.6 is 11.3 Å². The predicted molar refractivity (Wildman–Crippen MR) is 120 cm³/mol. The van der Waals surface area contributed by atoms with Crippen LogP contribution in [0.1, 0.15) is 36.2 Å². The summed E-state index contributed by atoms with van der Waals surface area (Å²) in [5.74, 6) is 0.0563. The van der Waals surface area contributed by atoms with Gasteiger partial charge in [0.2, 0.25) is 11.6 Å². The molecule has 0 bridgehead atoms. The van der Waals surface area contributed by atoms with Crippen LogP contribution in [-0.2, 0) is 16.1 Å². The molecule has 4 rings (SSSR count). The molecule has 9 heteroatoms. The molecule has 0 aromatic carbocycles. The first-order valence-corrected chi connectivity index (χ1v) is 11.3. The summed E-state index contributed by atoms with van der Waals surface area (Å²) in [4.78, 5) is 46.7. The smallest absolute Gasteiger partial charge is 0.252 e. The van der Waals surface area contributed by atoms with E-state index in [1.54, 1.807) is 6.26 Å². The molecule has 0 saturated carbocycles. The number of aryl methyl sites for hydroxylation is 1. The number of fused-ring (bicyclic) bond motifs is 1. The summed E-state index contributed by atoms with van der Waals surface area (Å²) in [5, 5.41) is 0. The lowest BCUT2D eigenvalue weighted by Gasteiger charge is -2.39. The number of piperazine rings is 1. The van der Waals surface area contributed by atoms with Gasteiger partial charge in [-0.15, -0.1) is 11.3 Å². The van der Waals surface area contributed by atoms with Crippen LogP contribution in [0, 0.1) is 13.8 Å². The number of rotatable bonds is 6. The number of likely N-dealkylation sites (N-methyl/N-ethyl adjacent to an activating group) is 1. The number of carbonyl (C=O) groups excluding carboxylic acids is 3. The first-order chi connectivity index (χ1) is 15.3. The lowest BCUT2D eigenvalue weighted by molar-refractivity contribution is -0.131. The maximum atomic E-state index is 13.6. The molecule has 3 heterocycles. The molecule has 32 heavy (non-hydrogen) atoms. The van der Waals surface area contributed by atoms with Crippen molar-refractivity contribution < 1.29 is 23.5 Å². The van der Waals surface area contributed by atoms with Crippen molar-refractivity contribution in [2.75, 3.05) is 46.9 Å². The molecule has 1 aliphatic heterocycles. The van der Waals surface area contributed by atoms with Gasteiger partial charge in [-0.3, -0.25) is 19.3 Å². The third kappa shape index (κ3) is 3.92. The summed E-state index contributed by atoms with van der Waals surface area (Å²) in [5.41, 5.74) is 1.68. The number of thiophene rings is 1. The molecule has 2 aromatic rings. The van der Waals surface area contributed by atoms with Crippen LogP contribution in [-0.4, -0.2) is 79.1 Å². The molecular weight excluding hydrogens is 430 g/mol. The number of Topliss-reactive ketones (excluding diaryl/α,β-unsaturated/α-hetero) is 2. The Morgan fingerprint density at radius 1 is 1.19 bits per heavy atom. The average Bonchev–Trinajstić information content (AvgIpc) is 3.39. The topological polar surface area (TPSA) is 83.3 Å². The fraction of sp³-hybridized carbons (Fsp3) is 0.435. The number of methoxy groups -OCH3 is 1. The minimum absolute atomic E-state index is 0.143. The number of hydrogen-bond acceptors (Lipinski definition) is 8. The van der Waals surface area contributed by atoms with Crippen LogP contribution in [0.25, 0.3) is 0 Å². The molecule has 0 spiro atoms. The third-order valence-corrected chi connectivity index (χ3v) is 7.30. The molecular formula is C23H27N3O5S. The number of ether oxygens (including phenoxy) is 1. The van der Waals surface area contributed by atoms with Gasteiger partial charge in [-0.05, 0) is 31.5 Å². The zero-order valence-electron chi connectivity index (χ0n) is 18.8. The number of amides is 1. The molecule has 2 aliphatic rings. The largest absolute Gasteiger partial charge is 0.468 e. The van der Waals surface area contributed by atoms with Gasteiger partial charge in [0.25, 0.3) is 5.91 Å². The lowest BCUT2D eigenvalue weighted by atomic mass is 9.92. The molecule has 0 atom stereocenters. The Balaban J connectivity index is 1.67. The van der Waals surface area contributed by atoms with Crippen molar-refractivity contribution >= 4 is 28.8 Å². The van der Waals surface area contributed by atoms with Crippen molar-refractivity contribution in [3.05, 3.63) is 56.4 Å². The van der Waals surface area contributed by atoms with Gasteiger partial charge in [0.15, 0.2) is 0 Å². The monoisotopic (exact) mass is 457 g/mol. The van der Waals surface area contributed by atoms with Gasteiger partial charge in [0, 0.05) is 50.8 Å². The first kappa shape index (κ1) is 22.4. The Hall–Kier alpha value is -2.75. The van der Waals surface area contributed by atoms with E-state index in [4.69, 9.17) is 9.15 Å². The van der Waals surface area contributed by atoms with Gasteiger partial charge in [-0.2, -0.15) is 0 Å². The third-order valence-electron chi connectivity index (χ3n) is 6.10. The average molecular weight is 458 g/mol. The second-order valence-corrected chi connectivity index (χ2v) is 9.30. The summed E-state index contributed by atoms with van der Waals surface area (Å²) in [6.07, 6.45) is 1.66. The molecule has 2 aromatic heterocycles. The van der Waals surface area contributed by atoms with Crippen molar-refractivity contribution in [1.29, 1.82) is 0 Å². The van der Waals surface area contributed by atoms with E-state index in [2.05, 4.69) is 4.90 Å². The van der Waals surface area contributed by atoms with Gasteiger partial charge in [0.1, 0.15) is 23.8 Å². The number of furan rings is 1. The van der Waals surface area contributed by atoms with E-state index in [1.807, 2.05) is 30.9 Å². The van der Waals surface area contributed by atoms with Gasteiger partial charge >= 0.3 is 0 Å². The fourth-order valence-electron chi connectivity index (χ4n) is 4.20. The Labute approximate surface area is 191 Å². The maximum absolute atomic E-state index is 13.6. The van der Waals surface area contributed by atoms with Crippen molar-refractivity contribution in [3.63, 3.8) is 0 Å². The van der Waals surface area contributed by atoms with E-state index >= 15 is 0 Å². The van der Waals surface area contributed by atoms with Gasteiger partial charge in [-0.25, -0.2) is 0 Å². The fourth-order valence-corrected chi connectivity index (χ4v) is 5.30. The molecule has 1 saturated heterocycles. The molecule has 0 N–H and O–H groups in total. The van der Waals surface area contributed by atoms with E-state index in [9.17, 15) is 14.4 Å². The highest BCUT2D eigenvalue weighted by atomic mass is 32.1. The van der Waals surface area contributed by atoms with Crippen LogP contribution < -0.4 is 0 Å². The van der Waals surface area contributed by atoms with E-state index in [0.29, 0.717) is 48.9 Å². The summed E-state index contributed by atoms with van der Waals surface area (Å²) in [6, 6.07) is 3.81. The SMILES string of the molecule is COCC(=O)N(C)C1=C(N2CCN(Cc3ccco3)CC2)C(=O)c2sc(C)c(C)c2C1=O. The molecule has 170 valence electrons. The standard InChI is InChI=1S/C23H27N3O5S/c1-14-15(2)32-23-18(14)21(28)19(24(3)17(27)13-30-4)20(22(23)29)26-9-7-25(8-10-26)12-16-6-5-11-31-16/h5-6,11H,7-10,12-13H2,1-4H3. The summed E-state index contributed by atoms with van der Waals surface area (Å²) in [6.45, 7) is 6.86. The molecule has 0 radical (unpaired) electrons. The van der Waals surface area contributed by atoms with Crippen molar-refractivity contribution in [1.82, 2.24) is 14.7 Å². The van der Waals surface area contributed by atoms with Crippen LogP contribution in [0.15, 0.2) is 34.2 Å². The summed E-state index contributed by atoms with van der Waals surface area (Å²) >= 11 is 1.35. The Bertz CT molecular complexity index is 1080. The Kier molecular flexibility index (Phi) is 6.32. The highest BCUT2D eigenvalue weighted by Gasteiger charge is 2.41. The maximum Gasteiger partial charge on any atom is 0.252 e. The van der Waals surface area contributed by atoms with Crippen LogP contribution in [0.5, 0.6) is 0 Å². The van der Waals surface area contributed by atoms with Crippen LogP contribution in [0.4, 0.5) is 0 Å². The van der Waals surface area contributed by atoms with Crippen molar-refractivity contribution in [3.8, 4) is 0 Å². The van der Waals surface area contributed by atoms with E-state index in [0.717, 1.165) is 16.2 Å². The number of allylic oxidation sites excluding steroid dienone is 2. The van der Waals surface area contributed by atoms with E-state index < -0.39 is 0 Å². The van der Waals surface area contributed by atoms with Crippen LogP contribution in [0.2, 0.25) is 0 Å². The number of ketones is 2. The Morgan fingerprint density at radius 2 is 1.91 bits per heavy atom. The minimum Gasteiger partial charge on any atom is -0.468 e. The van der Waals surface area contributed by atoms with Crippen molar-refractivity contribution in [2.24, 2.45) is 0 Å². The second-order valence-electron chi connectivity index (χ2n) is 8.07. The van der Waals surface area contributed by atoms with E-state index in [-0.39, 0.29) is 29.8 Å². The molecule has 1 fully saturated rings. The molecule has 8 nitrogen and oxygen atoms in total. The van der Waals surface area contributed by atoms with E-state index in [1.165, 1.54) is 30.4 Å². The predicted octanol–water partition coefficient (Wildman–Crippen LogP) is 2.47. The quantitative estimate of drug-likeness (QED) is 0.659. The minimum atomic E-state index is -0.370. The molecule has 0 unspecified atom stereocenters. The normalized spacial score (nSPS) is 17.2. The van der Waals surface area contributed by atoms with Crippen molar-refractivity contribution in [2.45, 2.75) is 20.4 Å². The first-order valence-electron chi connectivity index (χ1n) is 10.5. The zero-order valence-corrected chi connectivity index (χ0v) is 19.6. The highest BCUT2D eigenvalue weighted by Crippen LogP contribution is 2.38.